The first-order valence-electron chi connectivity index (χ1n) is 5.76. The van der Waals surface area contributed by atoms with Crippen LogP contribution in [0.4, 0.5) is 11.6 Å². The summed E-state index contributed by atoms with van der Waals surface area (Å²) in [6.45, 7) is 0. The van der Waals surface area contributed by atoms with Crippen LogP contribution in [0.25, 0.3) is 0 Å². The predicted molar refractivity (Wildman–Crippen MR) is 72.3 cm³/mol. The molecule has 1 aromatic rings. The lowest BCUT2D eigenvalue weighted by molar-refractivity contribution is 0.752. The Morgan fingerprint density at radius 1 is 1.31 bits per heavy atom. The van der Waals surface area contributed by atoms with Crippen LogP contribution >= 0.6 is 11.8 Å². The number of nitrogens with one attached hydrogen (secondary N) is 2. The summed E-state index contributed by atoms with van der Waals surface area (Å²) in [5, 5.41) is 7.40. The maximum atomic E-state index is 4.48. The highest BCUT2D eigenvalue weighted by molar-refractivity contribution is 7.99. The van der Waals surface area contributed by atoms with Gasteiger partial charge in [0.05, 0.1) is 0 Å². The number of anilines is 2. The first kappa shape index (κ1) is 11.6. The summed E-state index contributed by atoms with van der Waals surface area (Å²) in [6.07, 6.45) is 6.04. The van der Waals surface area contributed by atoms with E-state index < -0.39 is 0 Å². The summed E-state index contributed by atoms with van der Waals surface area (Å²) in [4.78, 5) is 4.48. The molecular weight excluding hydrogens is 218 g/mol. The number of pyridine rings is 1. The van der Waals surface area contributed by atoms with Crippen molar-refractivity contribution in [1.82, 2.24) is 4.98 Å². The van der Waals surface area contributed by atoms with Crippen molar-refractivity contribution >= 4 is 23.4 Å². The average Bonchev–Trinajstić information content (AvgIpc) is 2.77. The van der Waals surface area contributed by atoms with Crippen LogP contribution in [0.1, 0.15) is 19.3 Å². The molecule has 2 N–H and O–H groups in total. The van der Waals surface area contributed by atoms with Crippen molar-refractivity contribution in [2.75, 3.05) is 23.9 Å². The van der Waals surface area contributed by atoms with E-state index in [-0.39, 0.29) is 0 Å². The third-order valence-corrected chi connectivity index (χ3v) is 4.17. The average molecular weight is 237 g/mol. The Morgan fingerprint density at radius 2 is 2.12 bits per heavy atom. The van der Waals surface area contributed by atoms with Crippen molar-refractivity contribution < 1.29 is 0 Å². The van der Waals surface area contributed by atoms with Gasteiger partial charge in [-0.25, -0.2) is 4.98 Å². The summed E-state index contributed by atoms with van der Waals surface area (Å²) >= 11 is 1.98. The second-order valence-electron chi connectivity index (χ2n) is 4.17. The molecule has 3 nitrogen and oxygen atoms in total. The topological polar surface area (TPSA) is 37.0 Å². The van der Waals surface area contributed by atoms with Crippen LogP contribution in [-0.2, 0) is 0 Å². The summed E-state index contributed by atoms with van der Waals surface area (Å²) in [5.74, 6) is 1.91. The lowest BCUT2D eigenvalue weighted by Gasteiger charge is -2.14. The van der Waals surface area contributed by atoms with Crippen LogP contribution in [0.15, 0.2) is 18.2 Å². The van der Waals surface area contributed by atoms with Crippen LogP contribution in [-0.4, -0.2) is 29.6 Å². The predicted octanol–water partition coefficient (Wildman–Crippen LogP) is 2.82. The van der Waals surface area contributed by atoms with E-state index >= 15 is 0 Å². The van der Waals surface area contributed by atoms with Crippen LogP contribution in [0.5, 0.6) is 0 Å². The molecule has 88 valence electrons. The molecule has 1 aliphatic rings. The van der Waals surface area contributed by atoms with Gasteiger partial charge in [-0.2, -0.15) is 11.8 Å². The molecule has 0 aromatic carbocycles. The van der Waals surface area contributed by atoms with E-state index in [1.165, 1.54) is 19.3 Å². The van der Waals surface area contributed by atoms with E-state index in [4.69, 9.17) is 0 Å². The molecule has 0 amide bonds. The SMILES string of the molecule is CNc1cccc(NC2CCC(SC)C2)n1. The highest BCUT2D eigenvalue weighted by Gasteiger charge is 2.23. The van der Waals surface area contributed by atoms with Crippen LogP contribution in [0, 0.1) is 0 Å². The fourth-order valence-corrected chi connectivity index (χ4v) is 2.95. The second-order valence-corrected chi connectivity index (χ2v) is 5.31. The lowest BCUT2D eigenvalue weighted by Crippen LogP contribution is -2.17. The number of aromatic nitrogens is 1. The number of nitrogens with zero attached hydrogens (tertiary/aromatic N) is 1. The van der Waals surface area contributed by atoms with Crippen molar-refractivity contribution in [2.45, 2.75) is 30.6 Å². The Balaban J connectivity index is 1.94. The molecule has 16 heavy (non-hydrogen) atoms. The number of rotatable bonds is 4. The molecule has 0 aliphatic heterocycles. The Morgan fingerprint density at radius 3 is 2.81 bits per heavy atom. The second kappa shape index (κ2) is 5.43. The molecule has 4 heteroatoms. The van der Waals surface area contributed by atoms with Gasteiger partial charge in [0.25, 0.3) is 0 Å². The fraction of sp³-hybridized carbons (Fsp3) is 0.583. The third kappa shape index (κ3) is 2.82. The van der Waals surface area contributed by atoms with Gasteiger partial charge < -0.3 is 10.6 Å². The molecule has 1 aromatic heterocycles. The molecular formula is C12H19N3S. The van der Waals surface area contributed by atoms with Gasteiger partial charge in [0, 0.05) is 18.3 Å². The zero-order valence-electron chi connectivity index (χ0n) is 9.86. The zero-order chi connectivity index (χ0) is 11.4. The molecule has 0 radical (unpaired) electrons. The van der Waals surface area contributed by atoms with E-state index in [1.54, 1.807) is 0 Å². The normalized spacial score (nSPS) is 24.4. The number of hydrogen-bond donors (Lipinski definition) is 2. The van der Waals surface area contributed by atoms with E-state index in [0.29, 0.717) is 6.04 Å². The van der Waals surface area contributed by atoms with Crippen LogP contribution in [0.2, 0.25) is 0 Å². The zero-order valence-corrected chi connectivity index (χ0v) is 10.7. The minimum atomic E-state index is 0.594. The fourth-order valence-electron chi connectivity index (χ4n) is 2.15. The molecule has 1 heterocycles. The molecule has 0 saturated heterocycles. The molecule has 1 aliphatic carbocycles. The largest absolute Gasteiger partial charge is 0.373 e. The monoisotopic (exact) mass is 237 g/mol. The van der Waals surface area contributed by atoms with Gasteiger partial charge in [0.1, 0.15) is 11.6 Å². The molecule has 2 atom stereocenters. The van der Waals surface area contributed by atoms with Gasteiger partial charge in [0.15, 0.2) is 0 Å². The van der Waals surface area contributed by atoms with Crippen molar-refractivity contribution in [3.63, 3.8) is 0 Å². The van der Waals surface area contributed by atoms with Crippen molar-refractivity contribution in [1.29, 1.82) is 0 Å². The van der Waals surface area contributed by atoms with Gasteiger partial charge in [-0.1, -0.05) is 6.07 Å². The molecule has 2 rings (SSSR count). The molecule has 0 spiro atoms. The van der Waals surface area contributed by atoms with Crippen molar-refractivity contribution in [2.24, 2.45) is 0 Å². The van der Waals surface area contributed by atoms with Gasteiger partial charge in [0.2, 0.25) is 0 Å². The first-order chi connectivity index (χ1) is 7.81. The smallest absolute Gasteiger partial charge is 0.128 e. The van der Waals surface area contributed by atoms with E-state index in [2.05, 4.69) is 21.9 Å². The Hall–Kier alpha value is -0.900. The summed E-state index contributed by atoms with van der Waals surface area (Å²) in [7, 11) is 1.89. The van der Waals surface area contributed by atoms with Crippen molar-refractivity contribution in [3.8, 4) is 0 Å². The van der Waals surface area contributed by atoms with Gasteiger partial charge in [-0.3, -0.25) is 0 Å². The number of hydrogen-bond acceptors (Lipinski definition) is 4. The molecule has 0 bridgehead atoms. The van der Waals surface area contributed by atoms with Crippen LogP contribution in [0.3, 0.4) is 0 Å². The quantitative estimate of drug-likeness (QED) is 0.844. The first-order valence-corrected chi connectivity index (χ1v) is 7.04. The minimum absolute atomic E-state index is 0.594. The minimum Gasteiger partial charge on any atom is -0.373 e. The Bertz CT molecular complexity index is 343. The summed E-state index contributed by atoms with van der Waals surface area (Å²) in [6, 6.07) is 6.64. The maximum Gasteiger partial charge on any atom is 0.128 e. The van der Waals surface area contributed by atoms with E-state index in [0.717, 1.165) is 16.9 Å². The standard InChI is InChI=1S/C12H19N3S/c1-13-11-4-3-5-12(15-11)14-9-6-7-10(8-9)16-2/h3-5,9-10H,6-8H2,1-2H3,(H2,13,14,15). The summed E-state index contributed by atoms with van der Waals surface area (Å²) in [5.41, 5.74) is 0. The summed E-state index contributed by atoms with van der Waals surface area (Å²) < 4.78 is 0. The number of thioether (sulfide) groups is 1. The molecule has 2 unspecified atom stereocenters. The van der Waals surface area contributed by atoms with Gasteiger partial charge >= 0.3 is 0 Å². The highest BCUT2D eigenvalue weighted by atomic mass is 32.2. The highest BCUT2D eigenvalue weighted by Crippen LogP contribution is 2.29. The van der Waals surface area contributed by atoms with E-state index in [1.807, 2.05) is 37.0 Å². The van der Waals surface area contributed by atoms with Gasteiger partial charge in [-0.15, -0.1) is 0 Å². The Kier molecular flexibility index (Phi) is 3.93. The third-order valence-electron chi connectivity index (χ3n) is 3.08. The van der Waals surface area contributed by atoms with Crippen LogP contribution < -0.4 is 10.6 Å². The van der Waals surface area contributed by atoms with E-state index in [9.17, 15) is 0 Å². The lowest BCUT2D eigenvalue weighted by atomic mass is 10.2. The Labute approximate surface area is 101 Å². The van der Waals surface area contributed by atoms with Crippen molar-refractivity contribution in [3.05, 3.63) is 18.2 Å². The van der Waals surface area contributed by atoms with Gasteiger partial charge in [-0.05, 0) is 37.7 Å². The molecule has 1 saturated carbocycles. The molecule has 1 fully saturated rings. The maximum absolute atomic E-state index is 4.48.